The SMILES string of the molecule is Cc1cc(CNC(=O)C2CC23CCNCC3)on1. The maximum atomic E-state index is 12.1. The molecule has 0 bridgehead atoms. The molecule has 18 heavy (non-hydrogen) atoms. The van der Waals surface area contributed by atoms with Crippen molar-refractivity contribution < 1.29 is 9.32 Å². The van der Waals surface area contributed by atoms with Crippen LogP contribution in [0.2, 0.25) is 0 Å². The number of hydrogen-bond donors (Lipinski definition) is 2. The first-order chi connectivity index (χ1) is 8.70. The monoisotopic (exact) mass is 249 g/mol. The fourth-order valence-corrected chi connectivity index (χ4v) is 2.99. The van der Waals surface area contributed by atoms with Crippen LogP contribution in [0.3, 0.4) is 0 Å². The Morgan fingerprint density at radius 2 is 2.39 bits per heavy atom. The third-order valence-corrected chi connectivity index (χ3v) is 4.22. The molecule has 2 fully saturated rings. The Hall–Kier alpha value is -1.36. The van der Waals surface area contributed by atoms with Gasteiger partial charge in [0, 0.05) is 12.0 Å². The maximum absolute atomic E-state index is 12.1. The van der Waals surface area contributed by atoms with Crippen molar-refractivity contribution in [2.75, 3.05) is 13.1 Å². The Labute approximate surface area is 106 Å². The normalized spacial score (nSPS) is 25.1. The van der Waals surface area contributed by atoms with Crippen LogP contribution in [0.15, 0.2) is 10.6 Å². The van der Waals surface area contributed by atoms with Crippen molar-refractivity contribution in [2.24, 2.45) is 11.3 Å². The van der Waals surface area contributed by atoms with E-state index in [1.165, 1.54) is 0 Å². The number of nitrogens with zero attached hydrogens (tertiary/aromatic N) is 1. The van der Waals surface area contributed by atoms with Crippen LogP contribution in [0.1, 0.15) is 30.7 Å². The fraction of sp³-hybridized carbons (Fsp3) is 0.692. The largest absolute Gasteiger partial charge is 0.359 e. The highest BCUT2D eigenvalue weighted by Crippen LogP contribution is 2.58. The molecule has 1 aliphatic carbocycles. The lowest BCUT2D eigenvalue weighted by molar-refractivity contribution is -0.123. The number of carbonyl (C=O) groups is 1. The first-order valence-corrected chi connectivity index (χ1v) is 6.60. The lowest BCUT2D eigenvalue weighted by Gasteiger charge is -2.23. The molecule has 1 aromatic rings. The molecule has 1 unspecified atom stereocenters. The highest BCUT2D eigenvalue weighted by Gasteiger charge is 2.57. The van der Waals surface area contributed by atoms with Crippen molar-refractivity contribution in [1.82, 2.24) is 15.8 Å². The van der Waals surface area contributed by atoms with Crippen LogP contribution in [-0.2, 0) is 11.3 Å². The second-order valence-corrected chi connectivity index (χ2v) is 5.52. The fourth-order valence-electron chi connectivity index (χ4n) is 2.99. The molecular formula is C13H19N3O2. The van der Waals surface area contributed by atoms with Crippen LogP contribution in [0.5, 0.6) is 0 Å². The van der Waals surface area contributed by atoms with Gasteiger partial charge in [0.1, 0.15) is 0 Å². The van der Waals surface area contributed by atoms with Gasteiger partial charge in [-0.1, -0.05) is 5.16 Å². The summed E-state index contributed by atoms with van der Waals surface area (Å²) < 4.78 is 5.08. The van der Waals surface area contributed by atoms with Crippen molar-refractivity contribution in [2.45, 2.75) is 32.7 Å². The molecule has 5 heteroatoms. The number of amides is 1. The molecule has 2 heterocycles. The lowest BCUT2D eigenvalue weighted by Crippen LogP contribution is -2.33. The second kappa shape index (κ2) is 4.39. The van der Waals surface area contributed by atoms with E-state index in [0.717, 1.165) is 43.8 Å². The summed E-state index contributed by atoms with van der Waals surface area (Å²) in [5, 5.41) is 10.1. The minimum absolute atomic E-state index is 0.172. The van der Waals surface area contributed by atoms with Crippen molar-refractivity contribution in [3.05, 3.63) is 17.5 Å². The van der Waals surface area contributed by atoms with Gasteiger partial charge in [0.2, 0.25) is 5.91 Å². The predicted molar refractivity (Wildman–Crippen MR) is 65.7 cm³/mol. The summed E-state index contributed by atoms with van der Waals surface area (Å²) in [6.45, 7) is 4.42. The zero-order chi connectivity index (χ0) is 12.6. The smallest absolute Gasteiger partial charge is 0.224 e. The van der Waals surface area contributed by atoms with Gasteiger partial charge >= 0.3 is 0 Å². The summed E-state index contributed by atoms with van der Waals surface area (Å²) >= 11 is 0. The number of aromatic nitrogens is 1. The van der Waals surface area contributed by atoms with Gasteiger partial charge < -0.3 is 15.2 Å². The van der Waals surface area contributed by atoms with Crippen LogP contribution < -0.4 is 10.6 Å². The Balaban J connectivity index is 1.51. The molecule has 0 aromatic carbocycles. The molecule has 98 valence electrons. The molecule has 5 nitrogen and oxygen atoms in total. The Morgan fingerprint density at radius 1 is 1.61 bits per heavy atom. The van der Waals surface area contributed by atoms with E-state index in [-0.39, 0.29) is 11.8 Å². The van der Waals surface area contributed by atoms with Crippen LogP contribution in [-0.4, -0.2) is 24.2 Å². The number of piperidine rings is 1. The van der Waals surface area contributed by atoms with Crippen LogP contribution in [0, 0.1) is 18.3 Å². The standard InChI is InChI=1S/C13H19N3O2/c1-9-6-10(18-16-9)8-15-12(17)11-7-13(11)2-4-14-5-3-13/h6,11,14H,2-5,7-8H2,1H3,(H,15,17). The van der Waals surface area contributed by atoms with Gasteiger partial charge in [-0.05, 0) is 44.7 Å². The van der Waals surface area contributed by atoms with Crippen molar-refractivity contribution in [3.63, 3.8) is 0 Å². The van der Waals surface area contributed by atoms with Gasteiger partial charge in [-0.15, -0.1) is 0 Å². The Bertz CT molecular complexity index is 449. The number of aryl methyl sites for hydroxylation is 1. The zero-order valence-electron chi connectivity index (χ0n) is 10.7. The van der Waals surface area contributed by atoms with Crippen LogP contribution in [0.25, 0.3) is 0 Å². The van der Waals surface area contributed by atoms with Crippen molar-refractivity contribution in [3.8, 4) is 0 Å². The molecule has 1 atom stereocenters. The van der Waals surface area contributed by atoms with E-state index in [4.69, 9.17) is 4.52 Å². The van der Waals surface area contributed by atoms with E-state index in [9.17, 15) is 4.79 Å². The number of rotatable bonds is 3. The van der Waals surface area contributed by atoms with E-state index >= 15 is 0 Å². The first kappa shape index (κ1) is 11.7. The maximum Gasteiger partial charge on any atom is 0.224 e. The topological polar surface area (TPSA) is 67.2 Å². The molecule has 1 aliphatic heterocycles. The average molecular weight is 249 g/mol. The quantitative estimate of drug-likeness (QED) is 0.838. The van der Waals surface area contributed by atoms with Gasteiger partial charge in [-0.25, -0.2) is 0 Å². The minimum Gasteiger partial charge on any atom is -0.359 e. The molecule has 3 rings (SSSR count). The van der Waals surface area contributed by atoms with E-state index in [1.807, 2.05) is 13.0 Å². The average Bonchev–Trinajstić information content (AvgIpc) is 2.89. The highest BCUT2D eigenvalue weighted by molar-refractivity contribution is 5.82. The summed E-state index contributed by atoms with van der Waals surface area (Å²) in [6.07, 6.45) is 3.31. The molecule has 1 aromatic heterocycles. The molecule has 0 radical (unpaired) electrons. The Morgan fingerprint density at radius 3 is 3.06 bits per heavy atom. The number of carbonyl (C=O) groups excluding carboxylic acids is 1. The summed E-state index contributed by atoms with van der Waals surface area (Å²) in [4.78, 5) is 12.1. The molecule has 2 aliphatic rings. The molecule has 1 saturated heterocycles. The zero-order valence-corrected chi connectivity index (χ0v) is 10.7. The molecule has 1 saturated carbocycles. The van der Waals surface area contributed by atoms with Gasteiger partial charge in [-0.2, -0.15) is 0 Å². The van der Waals surface area contributed by atoms with Crippen LogP contribution in [0.4, 0.5) is 0 Å². The minimum atomic E-state index is 0.172. The summed E-state index contributed by atoms with van der Waals surface area (Å²) in [5.74, 6) is 1.11. The van der Waals surface area contributed by atoms with Crippen LogP contribution >= 0.6 is 0 Å². The predicted octanol–water partition coefficient (Wildman–Crippen LogP) is 0.989. The van der Waals surface area contributed by atoms with Gasteiger partial charge in [-0.3, -0.25) is 4.79 Å². The summed E-state index contributed by atoms with van der Waals surface area (Å²) in [5.41, 5.74) is 1.15. The van der Waals surface area contributed by atoms with Gasteiger partial charge in [0.15, 0.2) is 5.76 Å². The molecule has 2 N–H and O–H groups in total. The molecule has 1 amide bonds. The van der Waals surface area contributed by atoms with Crippen molar-refractivity contribution in [1.29, 1.82) is 0 Å². The second-order valence-electron chi connectivity index (χ2n) is 5.52. The van der Waals surface area contributed by atoms with E-state index < -0.39 is 0 Å². The van der Waals surface area contributed by atoms with Crippen molar-refractivity contribution >= 4 is 5.91 Å². The Kier molecular flexibility index (Phi) is 2.86. The first-order valence-electron chi connectivity index (χ1n) is 6.60. The third-order valence-electron chi connectivity index (χ3n) is 4.22. The summed E-state index contributed by atoms with van der Waals surface area (Å²) in [7, 11) is 0. The molecule has 1 spiro atoms. The van der Waals surface area contributed by atoms with E-state index in [2.05, 4.69) is 15.8 Å². The number of hydrogen-bond acceptors (Lipinski definition) is 4. The van der Waals surface area contributed by atoms with Gasteiger partial charge in [0.25, 0.3) is 0 Å². The van der Waals surface area contributed by atoms with E-state index in [1.54, 1.807) is 0 Å². The third kappa shape index (κ3) is 2.14. The lowest BCUT2D eigenvalue weighted by atomic mass is 9.92. The highest BCUT2D eigenvalue weighted by atomic mass is 16.5. The van der Waals surface area contributed by atoms with Gasteiger partial charge in [0.05, 0.1) is 12.2 Å². The number of nitrogens with one attached hydrogen (secondary N) is 2. The molecular weight excluding hydrogens is 230 g/mol. The van der Waals surface area contributed by atoms with E-state index in [0.29, 0.717) is 12.0 Å². The summed E-state index contributed by atoms with van der Waals surface area (Å²) in [6, 6.07) is 1.85.